The molecule has 0 saturated carbocycles. The molecule has 0 aromatic heterocycles. The van der Waals surface area contributed by atoms with E-state index in [2.05, 4.69) is 5.32 Å². The average Bonchev–Trinajstić information content (AvgIpc) is 2.35. The van der Waals surface area contributed by atoms with Gasteiger partial charge in [0.25, 0.3) is 0 Å². The molecule has 2 aromatic rings. The fourth-order valence-electron chi connectivity index (χ4n) is 1.69. The highest BCUT2D eigenvalue weighted by atomic mass is 16.3. The third-order valence-electron chi connectivity index (χ3n) is 2.66. The number of carbonyl (C=O) groups excluding carboxylic acids is 1. The zero-order valence-electron chi connectivity index (χ0n) is 9.68. The fraction of sp³-hybridized carbons (Fsp3) is 0.214. The van der Waals surface area contributed by atoms with Crippen molar-refractivity contribution >= 4 is 16.7 Å². The summed E-state index contributed by atoms with van der Waals surface area (Å²) < 4.78 is 0. The molecular formula is C14H15NO2. The number of aliphatic hydroxyl groups excluding tert-OH is 1. The predicted molar refractivity (Wildman–Crippen MR) is 67.5 cm³/mol. The molecule has 2 aromatic carbocycles. The molecule has 1 atom stereocenters. The minimum absolute atomic E-state index is 0.349. The number of nitrogens with one attached hydrogen (secondary N) is 1. The molecule has 0 aliphatic carbocycles. The van der Waals surface area contributed by atoms with Gasteiger partial charge in [-0.3, -0.25) is 4.79 Å². The Bertz CT molecular complexity index is 534. The van der Waals surface area contributed by atoms with Gasteiger partial charge < -0.3 is 10.4 Å². The zero-order chi connectivity index (χ0) is 12.3. The Balaban J connectivity index is 2.12. The fourth-order valence-corrected chi connectivity index (χ4v) is 1.69. The van der Waals surface area contributed by atoms with Crippen molar-refractivity contribution in [3.8, 4) is 0 Å². The molecule has 0 fully saturated rings. The van der Waals surface area contributed by atoms with Gasteiger partial charge >= 0.3 is 0 Å². The second-order valence-corrected chi connectivity index (χ2v) is 4.08. The summed E-state index contributed by atoms with van der Waals surface area (Å²) in [5.74, 6) is -0.349. The van der Waals surface area contributed by atoms with E-state index < -0.39 is 6.10 Å². The molecule has 17 heavy (non-hydrogen) atoms. The van der Waals surface area contributed by atoms with Crippen molar-refractivity contribution in [1.82, 2.24) is 5.32 Å². The number of carbonyl (C=O) groups is 1. The second kappa shape index (κ2) is 4.97. The van der Waals surface area contributed by atoms with Crippen molar-refractivity contribution in [2.45, 2.75) is 19.6 Å². The first-order valence-corrected chi connectivity index (χ1v) is 5.60. The van der Waals surface area contributed by atoms with Crippen molar-refractivity contribution in [3.63, 3.8) is 0 Å². The molecule has 2 N–H and O–H groups in total. The van der Waals surface area contributed by atoms with Crippen LogP contribution in [-0.2, 0) is 11.3 Å². The van der Waals surface area contributed by atoms with Crippen LogP contribution in [0.3, 0.4) is 0 Å². The van der Waals surface area contributed by atoms with E-state index in [0.29, 0.717) is 6.54 Å². The summed E-state index contributed by atoms with van der Waals surface area (Å²) in [6, 6.07) is 14.1. The lowest BCUT2D eigenvalue weighted by Crippen LogP contribution is -2.31. The van der Waals surface area contributed by atoms with Crippen molar-refractivity contribution in [3.05, 3.63) is 48.0 Å². The van der Waals surface area contributed by atoms with Crippen molar-refractivity contribution in [1.29, 1.82) is 0 Å². The van der Waals surface area contributed by atoms with E-state index >= 15 is 0 Å². The molecule has 0 spiro atoms. The molecule has 0 aliphatic heterocycles. The second-order valence-electron chi connectivity index (χ2n) is 4.08. The smallest absolute Gasteiger partial charge is 0.248 e. The summed E-state index contributed by atoms with van der Waals surface area (Å²) in [7, 11) is 0. The minimum Gasteiger partial charge on any atom is -0.384 e. The van der Waals surface area contributed by atoms with Gasteiger partial charge in [0.2, 0.25) is 5.91 Å². The monoisotopic (exact) mass is 229 g/mol. The van der Waals surface area contributed by atoms with E-state index in [0.717, 1.165) is 10.9 Å². The summed E-state index contributed by atoms with van der Waals surface area (Å²) in [5.41, 5.74) is 1.03. The Morgan fingerprint density at radius 2 is 1.94 bits per heavy atom. The van der Waals surface area contributed by atoms with Crippen molar-refractivity contribution < 1.29 is 9.90 Å². The van der Waals surface area contributed by atoms with Crippen LogP contribution < -0.4 is 5.32 Å². The quantitative estimate of drug-likeness (QED) is 0.843. The Morgan fingerprint density at radius 1 is 1.24 bits per heavy atom. The molecule has 2 rings (SSSR count). The molecule has 0 heterocycles. The SMILES string of the molecule is CC(O)C(=O)NCc1ccc2ccccc2c1. The molecule has 1 unspecified atom stereocenters. The maximum Gasteiger partial charge on any atom is 0.248 e. The van der Waals surface area contributed by atoms with E-state index in [4.69, 9.17) is 5.11 Å². The molecule has 3 nitrogen and oxygen atoms in total. The van der Waals surface area contributed by atoms with Crippen LogP contribution in [0.5, 0.6) is 0 Å². The van der Waals surface area contributed by atoms with E-state index in [-0.39, 0.29) is 5.91 Å². The number of hydrogen-bond donors (Lipinski definition) is 2. The number of rotatable bonds is 3. The third-order valence-corrected chi connectivity index (χ3v) is 2.66. The number of hydrogen-bond acceptors (Lipinski definition) is 2. The van der Waals surface area contributed by atoms with Gasteiger partial charge in [-0.15, -0.1) is 0 Å². The topological polar surface area (TPSA) is 49.3 Å². The molecule has 0 saturated heterocycles. The molecule has 88 valence electrons. The molecule has 0 radical (unpaired) electrons. The van der Waals surface area contributed by atoms with Crippen LogP contribution in [-0.4, -0.2) is 17.1 Å². The van der Waals surface area contributed by atoms with Crippen molar-refractivity contribution in [2.24, 2.45) is 0 Å². The van der Waals surface area contributed by atoms with Crippen LogP contribution in [0.4, 0.5) is 0 Å². The van der Waals surface area contributed by atoms with Crippen LogP contribution in [0, 0.1) is 0 Å². The summed E-state index contributed by atoms with van der Waals surface area (Å²) in [4.78, 5) is 11.2. The van der Waals surface area contributed by atoms with Crippen LogP contribution in [0.25, 0.3) is 10.8 Å². The Hall–Kier alpha value is -1.87. The maximum absolute atomic E-state index is 11.2. The van der Waals surface area contributed by atoms with E-state index in [1.165, 1.54) is 12.3 Å². The number of amides is 1. The van der Waals surface area contributed by atoms with Crippen LogP contribution in [0.1, 0.15) is 12.5 Å². The number of aliphatic hydroxyl groups is 1. The highest BCUT2D eigenvalue weighted by Gasteiger charge is 2.07. The third kappa shape index (κ3) is 2.82. The highest BCUT2D eigenvalue weighted by Crippen LogP contribution is 2.15. The van der Waals surface area contributed by atoms with Gasteiger partial charge in [0.1, 0.15) is 6.10 Å². The normalized spacial score (nSPS) is 12.4. The molecule has 3 heteroatoms. The first-order chi connectivity index (χ1) is 8.16. The lowest BCUT2D eigenvalue weighted by atomic mass is 10.1. The zero-order valence-corrected chi connectivity index (χ0v) is 9.68. The van der Waals surface area contributed by atoms with Gasteiger partial charge in [-0.25, -0.2) is 0 Å². The van der Waals surface area contributed by atoms with Crippen LogP contribution >= 0.6 is 0 Å². The van der Waals surface area contributed by atoms with Crippen LogP contribution in [0.2, 0.25) is 0 Å². The van der Waals surface area contributed by atoms with Gasteiger partial charge in [0.15, 0.2) is 0 Å². The van der Waals surface area contributed by atoms with Gasteiger partial charge in [-0.1, -0.05) is 36.4 Å². The first-order valence-electron chi connectivity index (χ1n) is 5.60. The van der Waals surface area contributed by atoms with Crippen molar-refractivity contribution in [2.75, 3.05) is 0 Å². The van der Waals surface area contributed by atoms with Gasteiger partial charge in [0.05, 0.1) is 0 Å². The Morgan fingerprint density at radius 3 is 2.65 bits per heavy atom. The Kier molecular flexibility index (Phi) is 3.40. The van der Waals surface area contributed by atoms with E-state index in [1.807, 2.05) is 42.5 Å². The number of fused-ring (bicyclic) bond motifs is 1. The molecular weight excluding hydrogens is 214 g/mol. The summed E-state index contributed by atoms with van der Waals surface area (Å²) in [6.07, 6.45) is -0.963. The van der Waals surface area contributed by atoms with E-state index in [9.17, 15) is 4.79 Å². The molecule has 0 bridgehead atoms. The minimum atomic E-state index is -0.963. The lowest BCUT2D eigenvalue weighted by molar-refractivity contribution is -0.128. The maximum atomic E-state index is 11.2. The van der Waals surface area contributed by atoms with Gasteiger partial charge in [-0.05, 0) is 29.3 Å². The van der Waals surface area contributed by atoms with Gasteiger partial charge in [-0.2, -0.15) is 0 Å². The Labute approximate surface area is 100 Å². The lowest BCUT2D eigenvalue weighted by Gasteiger charge is -2.07. The summed E-state index contributed by atoms with van der Waals surface area (Å²) in [6.45, 7) is 1.89. The highest BCUT2D eigenvalue weighted by molar-refractivity contribution is 5.83. The summed E-state index contributed by atoms with van der Waals surface area (Å²) in [5, 5.41) is 14.1. The molecule has 1 amide bonds. The first kappa shape index (κ1) is 11.6. The van der Waals surface area contributed by atoms with Crippen LogP contribution in [0.15, 0.2) is 42.5 Å². The predicted octanol–water partition coefficient (Wildman–Crippen LogP) is 1.84. The van der Waals surface area contributed by atoms with E-state index in [1.54, 1.807) is 0 Å². The molecule has 0 aliphatic rings. The standard InChI is InChI=1S/C14H15NO2/c1-10(16)14(17)15-9-11-6-7-12-4-2-3-5-13(12)8-11/h2-8,10,16H,9H2,1H3,(H,15,17). The largest absolute Gasteiger partial charge is 0.384 e. The summed E-state index contributed by atoms with van der Waals surface area (Å²) >= 11 is 0. The average molecular weight is 229 g/mol. The van der Waals surface area contributed by atoms with Gasteiger partial charge in [0, 0.05) is 6.54 Å². The number of benzene rings is 2.